The molecule has 2 saturated heterocycles. The van der Waals surface area contributed by atoms with Crippen LogP contribution in [0.3, 0.4) is 0 Å². The predicted octanol–water partition coefficient (Wildman–Crippen LogP) is 4.99. The normalized spacial score (nSPS) is 18.4. The summed E-state index contributed by atoms with van der Waals surface area (Å²) < 4.78 is 11.3. The molecule has 2 aromatic carbocycles. The monoisotopic (exact) mass is 532 g/mol. The largest absolute Gasteiger partial charge is 0.493 e. The summed E-state index contributed by atoms with van der Waals surface area (Å²) in [7, 11) is 0. The van der Waals surface area contributed by atoms with Gasteiger partial charge in [0.25, 0.3) is 5.91 Å². The third-order valence-electron chi connectivity index (χ3n) is 8.07. The Labute approximate surface area is 230 Å². The van der Waals surface area contributed by atoms with Crippen LogP contribution in [-0.2, 0) is 11.3 Å². The molecular weight excluding hydrogens is 492 g/mol. The van der Waals surface area contributed by atoms with Crippen LogP contribution in [0, 0.1) is 19.8 Å². The molecule has 8 heteroatoms. The Balaban J connectivity index is 1.09. The smallest absolute Gasteiger partial charge is 0.409 e. The molecular formula is C31H40N4O4. The summed E-state index contributed by atoms with van der Waals surface area (Å²) in [5.74, 6) is 1.28. The van der Waals surface area contributed by atoms with Gasteiger partial charge in [0, 0.05) is 73.9 Å². The second-order valence-electron chi connectivity index (χ2n) is 10.8. The third kappa shape index (κ3) is 6.38. The van der Waals surface area contributed by atoms with E-state index in [1.165, 1.54) is 11.1 Å². The molecule has 2 aliphatic rings. The SMILES string of the molecule is CCOC(=O)N1CCN(Cc2ccc(OC[C@@H]3CCCN(C(=O)c4ccc5[nH]c(C)c(C)c5c4)C3)cc2)CC1. The van der Waals surface area contributed by atoms with E-state index in [2.05, 4.69) is 35.9 Å². The van der Waals surface area contributed by atoms with E-state index in [9.17, 15) is 9.59 Å². The number of hydrogen-bond donors (Lipinski definition) is 1. The van der Waals surface area contributed by atoms with Crippen molar-refractivity contribution in [3.63, 3.8) is 0 Å². The molecule has 3 aromatic rings. The number of ether oxygens (including phenoxy) is 2. The molecule has 0 bridgehead atoms. The highest BCUT2D eigenvalue weighted by Gasteiger charge is 2.26. The molecule has 8 nitrogen and oxygen atoms in total. The van der Waals surface area contributed by atoms with Crippen LogP contribution < -0.4 is 4.74 Å². The van der Waals surface area contributed by atoms with Crippen molar-refractivity contribution in [3.8, 4) is 5.75 Å². The van der Waals surface area contributed by atoms with E-state index in [4.69, 9.17) is 9.47 Å². The van der Waals surface area contributed by atoms with Crippen molar-refractivity contribution in [2.24, 2.45) is 5.92 Å². The Morgan fingerprint density at radius 2 is 1.74 bits per heavy atom. The van der Waals surface area contributed by atoms with Gasteiger partial charge in [-0.1, -0.05) is 12.1 Å². The number of rotatable bonds is 7. The summed E-state index contributed by atoms with van der Waals surface area (Å²) in [6.45, 7) is 12.4. The molecule has 1 atom stereocenters. The first-order chi connectivity index (χ1) is 18.9. The number of nitrogens with zero attached hydrogens (tertiary/aromatic N) is 3. The Kier molecular flexibility index (Phi) is 8.41. The van der Waals surface area contributed by atoms with Gasteiger partial charge in [-0.05, 0) is 75.1 Å². The second kappa shape index (κ2) is 12.1. The van der Waals surface area contributed by atoms with E-state index < -0.39 is 0 Å². The van der Waals surface area contributed by atoms with E-state index in [1.54, 1.807) is 4.90 Å². The average molecular weight is 533 g/mol. The summed E-state index contributed by atoms with van der Waals surface area (Å²) in [6.07, 6.45) is 1.84. The lowest BCUT2D eigenvalue weighted by Crippen LogP contribution is -2.48. The van der Waals surface area contributed by atoms with Crippen molar-refractivity contribution in [3.05, 3.63) is 64.8 Å². The molecule has 2 fully saturated rings. The Morgan fingerprint density at radius 1 is 0.974 bits per heavy atom. The highest BCUT2D eigenvalue weighted by Crippen LogP contribution is 2.25. The number of aromatic nitrogens is 1. The van der Waals surface area contributed by atoms with E-state index in [0.29, 0.717) is 32.2 Å². The van der Waals surface area contributed by atoms with Gasteiger partial charge in [0.15, 0.2) is 0 Å². The first kappa shape index (κ1) is 27.1. The van der Waals surface area contributed by atoms with Crippen molar-refractivity contribution in [1.29, 1.82) is 0 Å². The maximum atomic E-state index is 13.3. The molecule has 0 aliphatic carbocycles. The number of aryl methyl sites for hydroxylation is 2. The van der Waals surface area contributed by atoms with Crippen LogP contribution >= 0.6 is 0 Å². The number of H-pyrrole nitrogens is 1. The van der Waals surface area contributed by atoms with E-state index >= 15 is 0 Å². The van der Waals surface area contributed by atoms with Crippen molar-refractivity contribution >= 4 is 22.9 Å². The van der Waals surface area contributed by atoms with Crippen LogP contribution in [0.2, 0.25) is 0 Å². The minimum atomic E-state index is -0.215. The van der Waals surface area contributed by atoms with Crippen molar-refractivity contribution < 1.29 is 19.1 Å². The molecule has 2 amide bonds. The lowest BCUT2D eigenvalue weighted by Gasteiger charge is -2.34. The number of piperidine rings is 1. The first-order valence-electron chi connectivity index (χ1n) is 14.1. The number of nitrogens with one attached hydrogen (secondary N) is 1. The van der Waals surface area contributed by atoms with Crippen LogP contribution in [0.25, 0.3) is 10.9 Å². The number of piperazine rings is 1. The molecule has 0 unspecified atom stereocenters. The fraction of sp³-hybridized carbons (Fsp3) is 0.484. The molecule has 0 radical (unpaired) electrons. The standard InChI is InChI=1S/C31H40N4O4/c1-4-38-31(37)34-16-14-33(15-17-34)19-24-7-10-27(11-8-24)39-21-25-6-5-13-35(20-25)30(36)26-9-12-29-28(18-26)22(2)23(3)32-29/h7-12,18,25,32H,4-6,13-17,19-21H2,1-3H3/t25-/m1/s1. The van der Waals surface area contributed by atoms with Crippen molar-refractivity contribution in [2.45, 2.75) is 40.2 Å². The zero-order chi connectivity index (χ0) is 27.4. The zero-order valence-electron chi connectivity index (χ0n) is 23.4. The van der Waals surface area contributed by atoms with Gasteiger partial charge in [0.05, 0.1) is 13.2 Å². The van der Waals surface area contributed by atoms with E-state index in [-0.39, 0.29) is 12.0 Å². The number of hydrogen-bond acceptors (Lipinski definition) is 5. The van der Waals surface area contributed by atoms with Crippen LogP contribution in [0.5, 0.6) is 5.75 Å². The minimum Gasteiger partial charge on any atom is -0.493 e. The van der Waals surface area contributed by atoms with Crippen molar-refractivity contribution in [1.82, 2.24) is 19.7 Å². The molecule has 2 aliphatic heterocycles. The number of amides is 2. The maximum absolute atomic E-state index is 13.3. The third-order valence-corrected chi connectivity index (χ3v) is 8.07. The topological polar surface area (TPSA) is 78.1 Å². The molecule has 5 rings (SSSR count). The summed E-state index contributed by atoms with van der Waals surface area (Å²) in [5.41, 5.74) is 5.41. The first-order valence-corrected chi connectivity index (χ1v) is 14.1. The lowest BCUT2D eigenvalue weighted by molar-refractivity contribution is 0.0633. The number of fused-ring (bicyclic) bond motifs is 1. The number of likely N-dealkylation sites (tertiary alicyclic amines) is 1. The number of carbonyl (C=O) groups is 2. The van der Waals surface area contributed by atoms with E-state index in [1.807, 2.05) is 42.2 Å². The molecule has 1 N–H and O–H groups in total. The maximum Gasteiger partial charge on any atom is 0.409 e. The molecule has 0 saturated carbocycles. The molecule has 0 spiro atoms. The van der Waals surface area contributed by atoms with Gasteiger partial charge < -0.3 is 24.3 Å². The highest BCUT2D eigenvalue weighted by atomic mass is 16.6. The van der Waals surface area contributed by atoms with Crippen LogP contribution in [0.1, 0.15) is 46.9 Å². The average Bonchev–Trinajstić information content (AvgIpc) is 3.25. The van der Waals surface area contributed by atoms with Gasteiger partial charge >= 0.3 is 6.09 Å². The summed E-state index contributed by atoms with van der Waals surface area (Å²) in [4.78, 5) is 34.7. The fourth-order valence-corrected chi connectivity index (χ4v) is 5.63. The lowest BCUT2D eigenvalue weighted by atomic mass is 9.98. The summed E-state index contributed by atoms with van der Waals surface area (Å²) >= 11 is 0. The Bertz CT molecular complexity index is 1290. The quantitative estimate of drug-likeness (QED) is 0.464. The summed E-state index contributed by atoms with van der Waals surface area (Å²) in [5, 5.41) is 1.12. The molecule has 1 aromatic heterocycles. The number of aromatic amines is 1. The highest BCUT2D eigenvalue weighted by molar-refractivity contribution is 5.99. The molecule has 208 valence electrons. The number of carbonyl (C=O) groups excluding carboxylic acids is 2. The van der Waals surface area contributed by atoms with Gasteiger partial charge in [-0.25, -0.2) is 4.79 Å². The van der Waals surface area contributed by atoms with Gasteiger partial charge in [0.2, 0.25) is 0 Å². The van der Waals surface area contributed by atoms with Crippen molar-refractivity contribution in [2.75, 3.05) is 52.5 Å². The van der Waals surface area contributed by atoms with Crippen LogP contribution in [-0.4, -0.2) is 84.2 Å². The van der Waals surface area contributed by atoms with Gasteiger partial charge in [-0.3, -0.25) is 9.69 Å². The number of benzene rings is 2. The Hall–Kier alpha value is -3.52. The van der Waals surface area contributed by atoms with Gasteiger partial charge in [0.1, 0.15) is 5.75 Å². The van der Waals surface area contributed by atoms with E-state index in [0.717, 1.165) is 73.5 Å². The molecule has 3 heterocycles. The molecule has 39 heavy (non-hydrogen) atoms. The van der Waals surface area contributed by atoms with Crippen LogP contribution in [0.15, 0.2) is 42.5 Å². The predicted molar refractivity (Wildman–Crippen MR) is 152 cm³/mol. The summed E-state index contributed by atoms with van der Waals surface area (Å²) in [6, 6.07) is 14.3. The second-order valence-corrected chi connectivity index (χ2v) is 10.8. The zero-order valence-corrected chi connectivity index (χ0v) is 23.4. The minimum absolute atomic E-state index is 0.104. The Morgan fingerprint density at radius 3 is 2.49 bits per heavy atom. The fourth-order valence-electron chi connectivity index (χ4n) is 5.63. The van der Waals surface area contributed by atoms with Crippen LogP contribution in [0.4, 0.5) is 4.79 Å². The van der Waals surface area contributed by atoms with Gasteiger partial charge in [-0.15, -0.1) is 0 Å². The van der Waals surface area contributed by atoms with Gasteiger partial charge in [-0.2, -0.15) is 0 Å².